The second kappa shape index (κ2) is 11.1. The van der Waals surface area contributed by atoms with Crippen LogP contribution in [0, 0.1) is 13.8 Å². The van der Waals surface area contributed by atoms with E-state index in [1.54, 1.807) is 11.8 Å². The number of nitrogens with one attached hydrogen (secondary N) is 1. The van der Waals surface area contributed by atoms with Crippen molar-refractivity contribution in [2.45, 2.75) is 29.5 Å². The summed E-state index contributed by atoms with van der Waals surface area (Å²) in [5, 5.41) is 11.3. The minimum absolute atomic E-state index is 0.0141. The van der Waals surface area contributed by atoms with Crippen LogP contribution in [0.4, 0.5) is 5.69 Å². The molecule has 0 aliphatic carbocycles. The smallest absolute Gasteiger partial charge is 0.238 e. The van der Waals surface area contributed by atoms with Crippen LogP contribution in [0.15, 0.2) is 26.9 Å². The van der Waals surface area contributed by atoms with Crippen LogP contribution in [0.5, 0.6) is 0 Å². The summed E-state index contributed by atoms with van der Waals surface area (Å²) in [6.45, 7) is 9.10. The van der Waals surface area contributed by atoms with Crippen molar-refractivity contribution in [2.75, 3.05) is 49.5 Å². The Labute approximate surface area is 190 Å². The summed E-state index contributed by atoms with van der Waals surface area (Å²) in [5.41, 5.74) is 3.02. The van der Waals surface area contributed by atoms with Crippen LogP contribution >= 0.6 is 34.9 Å². The predicted octanol–water partition coefficient (Wildman–Crippen LogP) is 3.14. The van der Waals surface area contributed by atoms with E-state index in [0.29, 0.717) is 38.5 Å². The van der Waals surface area contributed by atoms with E-state index in [9.17, 15) is 9.59 Å². The lowest BCUT2D eigenvalue weighted by atomic mass is 10.1. The number of thioether (sulfide) groups is 2. The highest BCUT2D eigenvalue weighted by Crippen LogP contribution is 2.28. The first kappa shape index (κ1) is 23.1. The van der Waals surface area contributed by atoms with Crippen LogP contribution in [0.3, 0.4) is 0 Å². The molecule has 1 aromatic heterocycles. The SMILES string of the molecule is CCSc1nnc(SCC(=O)N2CCN(CC(=O)Nc3c(C)cccc3C)CC2)s1. The van der Waals surface area contributed by atoms with Crippen LogP contribution in [-0.2, 0) is 9.59 Å². The van der Waals surface area contributed by atoms with Gasteiger partial charge in [0.05, 0.1) is 12.3 Å². The third-order valence-corrected chi connectivity index (χ3v) is 7.87. The first-order chi connectivity index (χ1) is 14.5. The van der Waals surface area contributed by atoms with E-state index in [4.69, 9.17) is 0 Å². The molecule has 0 radical (unpaired) electrons. The van der Waals surface area contributed by atoms with E-state index in [-0.39, 0.29) is 11.8 Å². The summed E-state index contributed by atoms with van der Waals surface area (Å²) < 4.78 is 1.78. The molecule has 1 N–H and O–H groups in total. The summed E-state index contributed by atoms with van der Waals surface area (Å²) >= 11 is 4.65. The minimum Gasteiger partial charge on any atom is -0.339 e. The molecule has 1 aromatic carbocycles. The van der Waals surface area contributed by atoms with Crippen molar-refractivity contribution in [1.29, 1.82) is 0 Å². The molecule has 162 valence electrons. The maximum atomic E-state index is 12.5. The van der Waals surface area contributed by atoms with Gasteiger partial charge in [0.25, 0.3) is 0 Å². The van der Waals surface area contributed by atoms with Crippen molar-refractivity contribution in [3.63, 3.8) is 0 Å². The minimum atomic E-state index is -0.0141. The highest BCUT2D eigenvalue weighted by atomic mass is 32.2. The summed E-state index contributed by atoms with van der Waals surface area (Å²) in [5.74, 6) is 1.43. The number of amides is 2. The highest BCUT2D eigenvalue weighted by molar-refractivity contribution is 8.03. The zero-order chi connectivity index (χ0) is 21.5. The molecule has 30 heavy (non-hydrogen) atoms. The van der Waals surface area contributed by atoms with Crippen LogP contribution in [0.2, 0.25) is 0 Å². The molecule has 3 rings (SSSR count). The van der Waals surface area contributed by atoms with Gasteiger partial charge in [-0.1, -0.05) is 60.0 Å². The Morgan fingerprint density at radius 3 is 2.33 bits per heavy atom. The molecular formula is C20H27N5O2S3. The van der Waals surface area contributed by atoms with E-state index < -0.39 is 0 Å². The molecule has 10 heteroatoms. The normalized spacial score (nSPS) is 14.7. The monoisotopic (exact) mass is 465 g/mol. The molecule has 1 fully saturated rings. The van der Waals surface area contributed by atoms with Gasteiger partial charge in [-0.2, -0.15) is 0 Å². The number of hydrogen-bond acceptors (Lipinski definition) is 8. The fourth-order valence-corrected chi connectivity index (χ4v) is 6.02. The molecule has 1 aliphatic rings. The number of nitrogens with zero attached hydrogens (tertiary/aromatic N) is 4. The van der Waals surface area contributed by atoms with Gasteiger partial charge in [-0.15, -0.1) is 10.2 Å². The zero-order valence-corrected chi connectivity index (χ0v) is 20.0. The number of rotatable bonds is 8. The van der Waals surface area contributed by atoms with E-state index in [0.717, 1.165) is 31.2 Å². The Morgan fingerprint density at radius 1 is 1.07 bits per heavy atom. The lowest BCUT2D eigenvalue weighted by Gasteiger charge is -2.34. The average Bonchev–Trinajstić information content (AvgIpc) is 3.17. The van der Waals surface area contributed by atoms with Gasteiger partial charge in [-0.05, 0) is 30.7 Å². The molecule has 2 aromatic rings. The molecule has 2 amide bonds. The predicted molar refractivity (Wildman–Crippen MR) is 125 cm³/mol. The highest BCUT2D eigenvalue weighted by Gasteiger charge is 2.23. The van der Waals surface area contributed by atoms with Gasteiger partial charge in [0.1, 0.15) is 0 Å². The Bertz CT molecular complexity index is 861. The maximum absolute atomic E-state index is 12.5. The Kier molecular flexibility index (Phi) is 8.55. The van der Waals surface area contributed by atoms with E-state index in [1.807, 2.05) is 36.9 Å². The van der Waals surface area contributed by atoms with Gasteiger partial charge >= 0.3 is 0 Å². The molecule has 0 bridgehead atoms. The third-order valence-electron chi connectivity index (χ3n) is 4.81. The first-order valence-electron chi connectivity index (χ1n) is 9.91. The Morgan fingerprint density at radius 2 is 1.70 bits per heavy atom. The second-order valence-electron chi connectivity index (χ2n) is 7.03. The zero-order valence-electron chi connectivity index (χ0n) is 17.5. The fourth-order valence-electron chi connectivity index (χ4n) is 3.20. The standard InChI is InChI=1S/C20H27N5O2S3/c1-4-28-19-22-23-20(30-19)29-13-17(27)25-10-8-24(9-11-25)12-16(26)21-18-14(2)6-5-7-15(18)3/h5-7H,4,8-13H2,1-3H3,(H,21,26). The van der Waals surface area contributed by atoms with Crippen molar-refractivity contribution in [1.82, 2.24) is 20.0 Å². The number of anilines is 1. The van der Waals surface area contributed by atoms with Gasteiger partial charge < -0.3 is 10.2 Å². The number of carbonyl (C=O) groups is 2. The number of hydrogen-bond donors (Lipinski definition) is 1. The number of para-hydroxylation sites is 1. The Balaban J connectivity index is 1.40. The lowest BCUT2D eigenvalue weighted by Crippen LogP contribution is -2.50. The quantitative estimate of drug-likeness (QED) is 0.600. The molecule has 0 saturated carbocycles. The number of aryl methyl sites for hydroxylation is 2. The van der Waals surface area contributed by atoms with Gasteiger partial charge in [-0.25, -0.2) is 0 Å². The third kappa shape index (κ3) is 6.44. The first-order valence-corrected chi connectivity index (χ1v) is 12.7. The summed E-state index contributed by atoms with van der Waals surface area (Å²) in [7, 11) is 0. The van der Waals surface area contributed by atoms with Crippen molar-refractivity contribution < 1.29 is 9.59 Å². The summed E-state index contributed by atoms with van der Waals surface area (Å²) in [6.07, 6.45) is 0. The van der Waals surface area contributed by atoms with Crippen LogP contribution in [-0.4, -0.2) is 76.0 Å². The van der Waals surface area contributed by atoms with Gasteiger partial charge in [0.2, 0.25) is 11.8 Å². The van der Waals surface area contributed by atoms with Gasteiger partial charge in [-0.3, -0.25) is 14.5 Å². The van der Waals surface area contributed by atoms with E-state index in [2.05, 4.69) is 27.3 Å². The van der Waals surface area contributed by atoms with E-state index >= 15 is 0 Å². The fraction of sp³-hybridized carbons (Fsp3) is 0.500. The van der Waals surface area contributed by atoms with Gasteiger partial charge in [0, 0.05) is 31.9 Å². The molecule has 1 saturated heterocycles. The largest absolute Gasteiger partial charge is 0.339 e. The molecule has 0 atom stereocenters. The topological polar surface area (TPSA) is 78.4 Å². The summed E-state index contributed by atoms with van der Waals surface area (Å²) in [4.78, 5) is 28.9. The molecule has 0 spiro atoms. The molecule has 1 aliphatic heterocycles. The number of carbonyl (C=O) groups excluding carboxylic acids is 2. The van der Waals surface area contributed by atoms with Crippen molar-refractivity contribution >= 4 is 52.4 Å². The second-order valence-corrected chi connectivity index (χ2v) is 10.7. The Hall–Kier alpha value is -1.62. The van der Waals surface area contributed by atoms with Crippen LogP contribution in [0.1, 0.15) is 18.1 Å². The average molecular weight is 466 g/mol. The van der Waals surface area contributed by atoms with Gasteiger partial charge in [0.15, 0.2) is 8.68 Å². The molecule has 7 nitrogen and oxygen atoms in total. The van der Waals surface area contributed by atoms with Crippen molar-refractivity contribution in [2.24, 2.45) is 0 Å². The summed E-state index contributed by atoms with van der Waals surface area (Å²) in [6, 6.07) is 5.98. The van der Waals surface area contributed by atoms with E-state index in [1.165, 1.54) is 23.1 Å². The lowest BCUT2D eigenvalue weighted by molar-refractivity contribution is -0.130. The van der Waals surface area contributed by atoms with Crippen LogP contribution in [0.25, 0.3) is 0 Å². The number of benzene rings is 1. The number of piperazine rings is 1. The molecule has 0 unspecified atom stereocenters. The molecular weight excluding hydrogens is 438 g/mol. The number of aromatic nitrogens is 2. The van der Waals surface area contributed by atoms with Crippen LogP contribution < -0.4 is 5.32 Å². The van der Waals surface area contributed by atoms with Crippen molar-refractivity contribution in [3.05, 3.63) is 29.3 Å². The molecule has 2 heterocycles. The van der Waals surface area contributed by atoms with Crippen molar-refractivity contribution in [3.8, 4) is 0 Å². The maximum Gasteiger partial charge on any atom is 0.238 e.